The summed E-state index contributed by atoms with van der Waals surface area (Å²) in [5.74, 6) is 0.169. The molecule has 0 radical (unpaired) electrons. The molecule has 0 aromatic rings. The van der Waals surface area contributed by atoms with Gasteiger partial charge in [0.2, 0.25) is 5.91 Å². The fraction of sp³-hybridized carbons (Fsp3) is 0.909. The summed E-state index contributed by atoms with van der Waals surface area (Å²) in [5.41, 5.74) is 0. The Morgan fingerprint density at radius 2 is 2.00 bits per heavy atom. The molecule has 1 fully saturated rings. The van der Waals surface area contributed by atoms with E-state index in [9.17, 15) is 13.6 Å². The zero-order valence-electron chi connectivity index (χ0n) is 9.79. The maximum Gasteiger partial charge on any atom is 0.251 e. The number of hydrogen-bond donors (Lipinski definition) is 0. The first-order valence-corrected chi connectivity index (χ1v) is 5.84. The van der Waals surface area contributed by atoms with Crippen LogP contribution in [0.4, 0.5) is 8.78 Å². The Kier molecular flexibility index (Phi) is 5.66. The van der Waals surface area contributed by atoms with Crippen LogP contribution in [0.2, 0.25) is 0 Å². The number of rotatable bonds is 6. The number of amides is 1. The highest BCUT2D eigenvalue weighted by atomic mass is 19.3. The van der Waals surface area contributed by atoms with Gasteiger partial charge in [0, 0.05) is 19.5 Å². The van der Waals surface area contributed by atoms with Crippen LogP contribution in [0.1, 0.15) is 25.7 Å². The van der Waals surface area contributed by atoms with Crippen molar-refractivity contribution < 1.29 is 13.6 Å². The lowest BCUT2D eigenvalue weighted by Crippen LogP contribution is -2.30. The average molecular weight is 234 g/mol. The molecule has 0 aromatic carbocycles. The predicted octanol–water partition coefficient (Wildman–Crippen LogP) is 1.59. The van der Waals surface area contributed by atoms with E-state index in [1.165, 1.54) is 0 Å². The van der Waals surface area contributed by atoms with Crippen LogP contribution in [-0.2, 0) is 4.79 Å². The van der Waals surface area contributed by atoms with Gasteiger partial charge >= 0.3 is 0 Å². The lowest BCUT2D eigenvalue weighted by Gasteiger charge is -2.18. The van der Waals surface area contributed by atoms with Crippen LogP contribution in [0, 0.1) is 0 Å². The molecule has 0 aromatic heterocycles. The topological polar surface area (TPSA) is 23.6 Å². The summed E-state index contributed by atoms with van der Waals surface area (Å²) in [4.78, 5) is 15.0. The largest absolute Gasteiger partial charge is 0.343 e. The number of alkyl halides is 2. The molecule has 5 heteroatoms. The van der Waals surface area contributed by atoms with Crippen LogP contribution >= 0.6 is 0 Å². The number of halogens is 2. The first-order valence-electron chi connectivity index (χ1n) is 5.84. The van der Waals surface area contributed by atoms with E-state index in [-0.39, 0.29) is 12.5 Å². The van der Waals surface area contributed by atoms with Gasteiger partial charge in [-0.15, -0.1) is 0 Å². The third kappa shape index (κ3) is 4.88. The molecule has 3 nitrogen and oxygen atoms in total. The van der Waals surface area contributed by atoms with Gasteiger partial charge in [-0.25, -0.2) is 8.78 Å². The third-order valence-electron chi connectivity index (χ3n) is 2.84. The summed E-state index contributed by atoms with van der Waals surface area (Å²) >= 11 is 0. The maximum absolute atomic E-state index is 12.0. The molecule has 0 atom stereocenters. The fourth-order valence-electron chi connectivity index (χ4n) is 1.95. The number of likely N-dealkylation sites (tertiary alicyclic amines) is 1. The van der Waals surface area contributed by atoms with Crippen molar-refractivity contribution in [2.45, 2.75) is 32.1 Å². The molecule has 0 saturated carbocycles. The van der Waals surface area contributed by atoms with Gasteiger partial charge in [0.1, 0.15) is 0 Å². The highest BCUT2D eigenvalue weighted by Gasteiger charge is 2.17. The molecule has 94 valence electrons. The molecule has 1 heterocycles. The monoisotopic (exact) mass is 234 g/mol. The van der Waals surface area contributed by atoms with Gasteiger partial charge in [-0.2, -0.15) is 0 Å². The standard InChI is InChI=1S/C11H20F2N2O/c1-14(9-10(12)13)6-4-5-11(16)15-7-2-3-8-15/h10H,2-9H2,1H3. The minimum atomic E-state index is -2.29. The van der Waals surface area contributed by atoms with Gasteiger partial charge in [-0.05, 0) is 32.9 Å². The van der Waals surface area contributed by atoms with Crippen molar-refractivity contribution in [1.82, 2.24) is 9.80 Å². The second kappa shape index (κ2) is 6.78. The first kappa shape index (κ1) is 13.4. The van der Waals surface area contributed by atoms with Crippen LogP contribution in [0.5, 0.6) is 0 Å². The van der Waals surface area contributed by atoms with Crippen molar-refractivity contribution in [1.29, 1.82) is 0 Å². The van der Waals surface area contributed by atoms with E-state index in [1.54, 1.807) is 11.9 Å². The van der Waals surface area contributed by atoms with Crippen molar-refractivity contribution in [2.24, 2.45) is 0 Å². The minimum absolute atomic E-state index is 0.169. The van der Waals surface area contributed by atoms with E-state index in [0.717, 1.165) is 25.9 Å². The number of hydrogen-bond acceptors (Lipinski definition) is 2. The first-order chi connectivity index (χ1) is 7.59. The molecule has 0 spiro atoms. The zero-order valence-corrected chi connectivity index (χ0v) is 9.79. The number of nitrogens with zero attached hydrogens (tertiary/aromatic N) is 2. The van der Waals surface area contributed by atoms with E-state index < -0.39 is 6.43 Å². The average Bonchev–Trinajstić information content (AvgIpc) is 2.68. The molecule has 0 aliphatic carbocycles. The maximum atomic E-state index is 12.0. The van der Waals surface area contributed by atoms with E-state index in [0.29, 0.717) is 19.4 Å². The lowest BCUT2D eigenvalue weighted by molar-refractivity contribution is -0.130. The van der Waals surface area contributed by atoms with Crippen LogP contribution in [0.25, 0.3) is 0 Å². The van der Waals surface area contributed by atoms with E-state index >= 15 is 0 Å². The van der Waals surface area contributed by atoms with E-state index in [2.05, 4.69) is 0 Å². The van der Waals surface area contributed by atoms with E-state index in [1.807, 2.05) is 4.90 Å². The summed E-state index contributed by atoms with van der Waals surface area (Å²) in [6.07, 6.45) is 1.04. The summed E-state index contributed by atoms with van der Waals surface area (Å²) in [7, 11) is 1.66. The van der Waals surface area contributed by atoms with Gasteiger partial charge in [-0.1, -0.05) is 0 Å². The van der Waals surface area contributed by atoms with Crippen molar-refractivity contribution >= 4 is 5.91 Å². The van der Waals surface area contributed by atoms with Gasteiger partial charge in [0.15, 0.2) is 0 Å². The molecule has 1 amide bonds. The molecule has 1 saturated heterocycles. The van der Waals surface area contributed by atoms with Crippen LogP contribution in [0.15, 0.2) is 0 Å². The SMILES string of the molecule is CN(CCCC(=O)N1CCCC1)CC(F)F. The molecule has 0 N–H and O–H groups in total. The number of carbonyl (C=O) groups is 1. The molecule has 1 rings (SSSR count). The smallest absolute Gasteiger partial charge is 0.251 e. The Labute approximate surface area is 95.4 Å². The van der Waals surface area contributed by atoms with Crippen LogP contribution in [0.3, 0.4) is 0 Å². The van der Waals surface area contributed by atoms with Crippen LogP contribution in [-0.4, -0.2) is 55.4 Å². The molecular weight excluding hydrogens is 214 g/mol. The molecule has 16 heavy (non-hydrogen) atoms. The minimum Gasteiger partial charge on any atom is -0.343 e. The fourth-order valence-corrected chi connectivity index (χ4v) is 1.95. The van der Waals surface area contributed by atoms with Gasteiger partial charge in [0.05, 0.1) is 6.54 Å². The Balaban J connectivity index is 2.07. The quantitative estimate of drug-likeness (QED) is 0.696. The summed E-state index contributed by atoms with van der Waals surface area (Å²) in [6.45, 7) is 2.08. The second-order valence-electron chi connectivity index (χ2n) is 4.34. The molecule has 0 unspecified atom stereocenters. The molecule has 0 bridgehead atoms. The van der Waals surface area contributed by atoms with Crippen LogP contribution < -0.4 is 0 Å². The summed E-state index contributed by atoms with van der Waals surface area (Å²) < 4.78 is 24.0. The van der Waals surface area contributed by atoms with Crippen molar-refractivity contribution in [3.63, 3.8) is 0 Å². The predicted molar refractivity (Wildman–Crippen MR) is 58.5 cm³/mol. The Morgan fingerprint density at radius 1 is 1.38 bits per heavy atom. The molecule has 1 aliphatic rings. The lowest BCUT2D eigenvalue weighted by atomic mass is 10.2. The van der Waals surface area contributed by atoms with Crippen molar-refractivity contribution in [2.75, 3.05) is 33.2 Å². The Bertz CT molecular complexity index is 218. The van der Waals surface area contributed by atoms with Gasteiger partial charge < -0.3 is 9.80 Å². The highest BCUT2D eigenvalue weighted by Crippen LogP contribution is 2.10. The zero-order chi connectivity index (χ0) is 12.0. The molecular formula is C11H20F2N2O. The number of carbonyl (C=O) groups excluding carboxylic acids is 1. The van der Waals surface area contributed by atoms with Crippen molar-refractivity contribution in [3.8, 4) is 0 Å². The normalized spacial score (nSPS) is 16.4. The van der Waals surface area contributed by atoms with Gasteiger partial charge in [-0.3, -0.25) is 4.79 Å². The van der Waals surface area contributed by atoms with E-state index in [4.69, 9.17) is 0 Å². The third-order valence-corrected chi connectivity index (χ3v) is 2.84. The second-order valence-corrected chi connectivity index (χ2v) is 4.34. The van der Waals surface area contributed by atoms with Crippen molar-refractivity contribution in [3.05, 3.63) is 0 Å². The highest BCUT2D eigenvalue weighted by molar-refractivity contribution is 5.76. The summed E-state index contributed by atoms with van der Waals surface area (Å²) in [6, 6.07) is 0. The Morgan fingerprint density at radius 3 is 2.56 bits per heavy atom. The Hall–Kier alpha value is -0.710. The molecule has 1 aliphatic heterocycles. The summed E-state index contributed by atoms with van der Waals surface area (Å²) in [5, 5.41) is 0. The van der Waals surface area contributed by atoms with Gasteiger partial charge in [0.25, 0.3) is 6.43 Å².